The van der Waals surface area contributed by atoms with Crippen LogP contribution in [0.1, 0.15) is 10.4 Å². The SMILES string of the molecule is O=C(Nc1cccnc1Cl)c1ccc(Cl)cc1Br. The van der Waals surface area contributed by atoms with Gasteiger partial charge in [0.05, 0.1) is 11.3 Å². The Labute approximate surface area is 122 Å². The van der Waals surface area contributed by atoms with Crippen LogP contribution in [-0.4, -0.2) is 10.9 Å². The van der Waals surface area contributed by atoms with Crippen molar-refractivity contribution in [2.24, 2.45) is 0 Å². The number of halogens is 3. The maximum absolute atomic E-state index is 12.0. The zero-order valence-corrected chi connectivity index (χ0v) is 12.1. The van der Waals surface area contributed by atoms with Crippen LogP contribution in [0.4, 0.5) is 5.69 Å². The Morgan fingerprint density at radius 2 is 2.06 bits per heavy atom. The lowest BCUT2D eigenvalue weighted by molar-refractivity contribution is 0.102. The van der Waals surface area contributed by atoms with Crippen LogP contribution in [0.3, 0.4) is 0 Å². The summed E-state index contributed by atoms with van der Waals surface area (Å²) < 4.78 is 0.618. The number of nitrogens with one attached hydrogen (secondary N) is 1. The largest absolute Gasteiger partial charge is 0.319 e. The average Bonchev–Trinajstić information content (AvgIpc) is 2.32. The molecule has 92 valence electrons. The molecule has 0 fully saturated rings. The van der Waals surface area contributed by atoms with E-state index in [1.807, 2.05) is 0 Å². The van der Waals surface area contributed by atoms with Gasteiger partial charge >= 0.3 is 0 Å². The molecule has 0 aliphatic rings. The Morgan fingerprint density at radius 1 is 1.28 bits per heavy atom. The van der Waals surface area contributed by atoms with Gasteiger partial charge in [0.2, 0.25) is 0 Å². The van der Waals surface area contributed by atoms with Gasteiger partial charge in [0.15, 0.2) is 5.15 Å². The molecule has 18 heavy (non-hydrogen) atoms. The first kappa shape index (κ1) is 13.3. The van der Waals surface area contributed by atoms with E-state index in [1.165, 1.54) is 0 Å². The molecule has 3 nitrogen and oxygen atoms in total. The molecule has 2 aromatic rings. The molecule has 0 saturated carbocycles. The van der Waals surface area contributed by atoms with E-state index in [0.717, 1.165) is 0 Å². The van der Waals surface area contributed by atoms with E-state index in [-0.39, 0.29) is 11.1 Å². The molecule has 1 amide bonds. The molecule has 1 aromatic heterocycles. The summed E-state index contributed by atoms with van der Waals surface area (Å²) in [6, 6.07) is 8.30. The Kier molecular flexibility index (Phi) is 4.22. The van der Waals surface area contributed by atoms with Crippen molar-refractivity contribution in [1.82, 2.24) is 4.98 Å². The molecule has 0 aliphatic heterocycles. The standard InChI is InChI=1S/C12H7BrCl2N2O/c13-9-6-7(14)3-4-8(9)12(18)17-10-2-1-5-16-11(10)15/h1-6H,(H,17,18). The van der Waals surface area contributed by atoms with Gasteiger partial charge in [-0.1, -0.05) is 23.2 Å². The Bertz CT molecular complexity index is 604. The van der Waals surface area contributed by atoms with Crippen molar-refractivity contribution in [2.75, 3.05) is 5.32 Å². The van der Waals surface area contributed by atoms with E-state index >= 15 is 0 Å². The number of hydrogen-bond donors (Lipinski definition) is 1. The summed E-state index contributed by atoms with van der Waals surface area (Å²) >= 11 is 15.0. The molecule has 0 spiro atoms. The molecule has 1 aromatic carbocycles. The topological polar surface area (TPSA) is 42.0 Å². The lowest BCUT2D eigenvalue weighted by atomic mass is 10.2. The van der Waals surface area contributed by atoms with Crippen LogP contribution in [0.25, 0.3) is 0 Å². The van der Waals surface area contributed by atoms with Gasteiger partial charge in [-0.3, -0.25) is 4.79 Å². The van der Waals surface area contributed by atoms with Gasteiger partial charge < -0.3 is 5.32 Å². The highest BCUT2D eigenvalue weighted by atomic mass is 79.9. The van der Waals surface area contributed by atoms with Crippen molar-refractivity contribution in [3.63, 3.8) is 0 Å². The first-order chi connectivity index (χ1) is 8.58. The van der Waals surface area contributed by atoms with Gasteiger partial charge in [-0.05, 0) is 46.3 Å². The molecular weight excluding hydrogens is 339 g/mol. The van der Waals surface area contributed by atoms with Crippen molar-refractivity contribution in [3.05, 3.63) is 56.7 Å². The van der Waals surface area contributed by atoms with Gasteiger partial charge in [0, 0.05) is 15.7 Å². The van der Waals surface area contributed by atoms with Crippen LogP contribution in [0.5, 0.6) is 0 Å². The van der Waals surface area contributed by atoms with Crippen LogP contribution in [0.15, 0.2) is 41.0 Å². The van der Waals surface area contributed by atoms with E-state index in [0.29, 0.717) is 20.7 Å². The molecule has 0 atom stereocenters. The fraction of sp³-hybridized carbons (Fsp3) is 0. The van der Waals surface area contributed by atoms with Crippen molar-refractivity contribution in [3.8, 4) is 0 Å². The van der Waals surface area contributed by atoms with Crippen molar-refractivity contribution in [2.45, 2.75) is 0 Å². The van der Waals surface area contributed by atoms with E-state index in [4.69, 9.17) is 23.2 Å². The van der Waals surface area contributed by atoms with E-state index in [9.17, 15) is 4.79 Å². The molecule has 0 unspecified atom stereocenters. The average molecular weight is 346 g/mol. The molecule has 0 aliphatic carbocycles. The maximum Gasteiger partial charge on any atom is 0.256 e. The number of benzene rings is 1. The van der Waals surface area contributed by atoms with Gasteiger partial charge in [-0.2, -0.15) is 0 Å². The monoisotopic (exact) mass is 344 g/mol. The molecule has 1 N–H and O–H groups in total. The van der Waals surface area contributed by atoms with E-state index in [1.54, 1.807) is 36.5 Å². The third-order valence-electron chi connectivity index (χ3n) is 2.18. The smallest absolute Gasteiger partial charge is 0.256 e. The van der Waals surface area contributed by atoms with Gasteiger partial charge in [-0.25, -0.2) is 4.98 Å². The Balaban J connectivity index is 2.25. The number of nitrogens with zero attached hydrogens (tertiary/aromatic N) is 1. The van der Waals surface area contributed by atoms with Gasteiger partial charge in [-0.15, -0.1) is 0 Å². The van der Waals surface area contributed by atoms with E-state index in [2.05, 4.69) is 26.2 Å². The van der Waals surface area contributed by atoms with E-state index < -0.39 is 0 Å². The summed E-state index contributed by atoms with van der Waals surface area (Å²) in [5, 5.41) is 3.48. The minimum atomic E-state index is -0.284. The third-order valence-corrected chi connectivity index (χ3v) is 3.38. The number of anilines is 1. The highest BCUT2D eigenvalue weighted by Gasteiger charge is 2.12. The molecule has 0 bridgehead atoms. The number of rotatable bonds is 2. The number of amides is 1. The Hall–Kier alpha value is -1.10. The fourth-order valence-corrected chi connectivity index (χ4v) is 2.37. The molecule has 2 rings (SSSR count). The lowest BCUT2D eigenvalue weighted by Crippen LogP contribution is -2.13. The summed E-state index contributed by atoms with van der Waals surface area (Å²) in [5.41, 5.74) is 0.935. The highest BCUT2D eigenvalue weighted by molar-refractivity contribution is 9.10. The minimum Gasteiger partial charge on any atom is -0.319 e. The summed E-state index contributed by atoms with van der Waals surface area (Å²) in [4.78, 5) is 15.9. The first-order valence-electron chi connectivity index (χ1n) is 4.95. The van der Waals surface area contributed by atoms with Gasteiger partial charge in [0.1, 0.15) is 0 Å². The van der Waals surface area contributed by atoms with Crippen LogP contribution in [0.2, 0.25) is 10.2 Å². The zero-order chi connectivity index (χ0) is 13.1. The van der Waals surface area contributed by atoms with Crippen LogP contribution in [-0.2, 0) is 0 Å². The zero-order valence-electron chi connectivity index (χ0n) is 8.95. The van der Waals surface area contributed by atoms with Crippen LogP contribution >= 0.6 is 39.1 Å². The Morgan fingerprint density at radius 3 is 2.72 bits per heavy atom. The molecule has 6 heteroatoms. The second-order valence-corrected chi connectivity index (χ2v) is 5.07. The number of aromatic nitrogens is 1. The fourth-order valence-electron chi connectivity index (χ4n) is 1.34. The normalized spacial score (nSPS) is 10.2. The summed E-state index contributed by atoms with van der Waals surface area (Å²) in [6.45, 7) is 0. The molecule has 0 saturated heterocycles. The second-order valence-electron chi connectivity index (χ2n) is 3.42. The van der Waals surface area contributed by atoms with Crippen molar-refractivity contribution >= 4 is 50.7 Å². The van der Waals surface area contributed by atoms with Crippen LogP contribution < -0.4 is 5.32 Å². The molecule has 1 heterocycles. The van der Waals surface area contributed by atoms with Gasteiger partial charge in [0.25, 0.3) is 5.91 Å². The summed E-state index contributed by atoms with van der Waals surface area (Å²) in [6.07, 6.45) is 1.55. The lowest BCUT2D eigenvalue weighted by Gasteiger charge is -2.07. The quantitative estimate of drug-likeness (QED) is 0.819. The predicted octanol–water partition coefficient (Wildman–Crippen LogP) is 4.40. The third kappa shape index (κ3) is 3.02. The first-order valence-corrected chi connectivity index (χ1v) is 6.50. The molecular formula is C12H7BrCl2N2O. The predicted molar refractivity (Wildman–Crippen MR) is 76.4 cm³/mol. The van der Waals surface area contributed by atoms with Crippen molar-refractivity contribution in [1.29, 1.82) is 0 Å². The summed E-state index contributed by atoms with van der Waals surface area (Å²) in [5.74, 6) is -0.284. The number of hydrogen-bond acceptors (Lipinski definition) is 2. The second kappa shape index (κ2) is 5.69. The number of carbonyl (C=O) groups is 1. The minimum absolute atomic E-state index is 0.246. The number of pyridine rings is 1. The number of carbonyl (C=O) groups excluding carboxylic acids is 1. The summed E-state index contributed by atoms with van der Waals surface area (Å²) in [7, 11) is 0. The van der Waals surface area contributed by atoms with Crippen molar-refractivity contribution < 1.29 is 4.79 Å². The maximum atomic E-state index is 12.0. The molecule has 0 radical (unpaired) electrons. The highest BCUT2D eigenvalue weighted by Crippen LogP contribution is 2.24. The van der Waals surface area contributed by atoms with Crippen LogP contribution in [0, 0.1) is 0 Å².